The lowest BCUT2D eigenvalue weighted by molar-refractivity contribution is 0.467. The van der Waals surface area contributed by atoms with Crippen molar-refractivity contribution >= 4 is 10.0 Å². The van der Waals surface area contributed by atoms with E-state index < -0.39 is 10.0 Å². The fourth-order valence-corrected chi connectivity index (χ4v) is 2.43. The van der Waals surface area contributed by atoms with Crippen molar-refractivity contribution in [1.82, 2.24) is 5.32 Å². The number of rotatable bonds is 5. The first-order chi connectivity index (χ1) is 9.50. The summed E-state index contributed by atoms with van der Waals surface area (Å²) in [7, 11) is -1.94. The molecule has 0 aliphatic heterocycles. The highest BCUT2D eigenvalue weighted by atomic mass is 32.2. The highest BCUT2D eigenvalue weighted by Gasteiger charge is 2.14. The number of nitrogens with one attached hydrogen (secondary N) is 1. The van der Waals surface area contributed by atoms with Gasteiger partial charge < -0.3 is 10.1 Å². The van der Waals surface area contributed by atoms with E-state index in [1.54, 1.807) is 30.3 Å². The van der Waals surface area contributed by atoms with Crippen LogP contribution in [0, 0.1) is 0 Å². The van der Waals surface area contributed by atoms with Gasteiger partial charge in [0.05, 0.1) is 0 Å². The second-order valence-corrected chi connectivity index (χ2v) is 5.80. The summed E-state index contributed by atoms with van der Waals surface area (Å²) < 4.78 is 28.5. The molecule has 2 aromatic carbocycles. The fourth-order valence-electron chi connectivity index (χ4n) is 1.78. The summed E-state index contributed by atoms with van der Waals surface area (Å²) in [4.78, 5) is -0.0284. The van der Waals surface area contributed by atoms with Crippen LogP contribution in [-0.4, -0.2) is 15.5 Å². The second-order valence-electron chi connectivity index (χ2n) is 4.27. The summed E-state index contributed by atoms with van der Waals surface area (Å²) >= 11 is 0. The molecule has 0 aliphatic rings. The number of hydrogen-bond acceptors (Lipinski definition) is 4. The Morgan fingerprint density at radius 3 is 2.35 bits per heavy atom. The molecule has 3 N–H and O–H groups in total. The normalized spacial score (nSPS) is 11.3. The van der Waals surface area contributed by atoms with Crippen LogP contribution >= 0.6 is 0 Å². The number of hydrogen-bond donors (Lipinski definition) is 2. The number of primary sulfonamides is 1. The van der Waals surface area contributed by atoms with E-state index >= 15 is 0 Å². The summed E-state index contributed by atoms with van der Waals surface area (Å²) in [6.07, 6.45) is 0. The minimum absolute atomic E-state index is 0.0284. The van der Waals surface area contributed by atoms with Crippen LogP contribution < -0.4 is 15.2 Å². The third-order valence-corrected chi connectivity index (χ3v) is 3.64. The molecule has 0 aromatic heterocycles. The van der Waals surface area contributed by atoms with Gasteiger partial charge in [-0.05, 0) is 36.9 Å². The van der Waals surface area contributed by atoms with Gasteiger partial charge in [0.1, 0.15) is 16.4 Å². The molecule has 0 aliphatic carbocycles. The van der Waals surface area contributed by atoms with Gasteiger partial charge in [0, 0.05) is 6.54 Å². The predicted octanol–water partition coefficient (Wildman–Crippen LogP) is 1.85. The first-order valence-electron chi connectivity index (χ1n) is 6.04. The van der Waals surface area contributed by atoms with E-state index in [0.29, 0.717) is 5.75 Å². The van der Waals surface area contributed by atoms with Gasteiger partial charge in [-0.2, -0.15) is 0 Å². The summed E-state index contributed by atoms with van der Waals surface area (Å²) in [5.74, 6) is 0.775. The van der Waals surface area contributed by atoms with Crippen molar-refractivity contribution in [2.24, 2.45) is 5.14 Å². The Balaban J connectivity index is 2.26. The first kappa shape index (κ1) is 14.5. The van der Waals surface area contributed by atoms with Crippen molar-refractivity contribution in [1.29, 1.82) is 0 Å². The Kier molecular flexibility index (Phi) is 4.39. The van der Waals surface area contributed by atoms with E-state index in [1.165, 1.54) is 6.07 Å². The number of ether oxygens (including phenoxy) is 1. The maximum atomic E-state index is 11.5. The van der Waals surface area contributed by atoms with Gasteiger partial charge in [0.2, 0.25) is 10.0 Å². The Morgan fingerprint density at radius 1 is 1.10 bits per heavy atom. The zero-order valence-corrected chi connectivity index (χ0v) is 11.9. The second kappa shape index (κ2) is 6.04. The van der Waals surface area contributed by atoms with Crippen LogP contribution in [0.4, 0.5) is 0 Å². The maximum Gasteiger partial charge on any atom is 0.241 e. The van der Waals surface area contributed by atoms with E-state index in [-0.39, 0.29) is 10.6 Å². The smallest absolute Gasteiger partial charge is 0.241 e. The molecular weight excluding hydrogens is 276 g/mol. The molecule has 20 heavy (non-hydrogen) atoms. The van der Waals surface area contributed by atoms with Crippen LogP contribution in [0.1, 0.15) is 5.56 Å². The summed E-state index contributed by atoms with van der Waals surface area (Å²) in [6.45, 7) is 0.758. The van der Waals surface area contributed by atoms with E-state index in [2.05, 4.69) is 5.32 Å². The molecule has 0 radical (unpaired) electrons. The molecule has 106 valence electrons. The molecule has 0 atom stereocenters. The van der Waals surface area contributed by atoms with Crippen LogP contribution in [0.3, 0.4) is 0 Å². The van der Waals surface area contributed by atoms with Gasteiger partial charge in [0.25, 0.3) is 0 Å². The molecule has 0 saturated carbocycles. The maximum absolute atomic E-state index is 11.5. The van der Waals surface area contributed by atoms with Crippen LogP contribution in [0.2, 0.25) is 0 Å². The Hall–Kier alpha value is -1.89. The van der Waals surface area contributed by atoms with Crippen LogP contribution in [-0.2, 0) is 16.6 Å². The highest BCUT2D eigenvalue weighted by molar-refractivity contribution is 7.89. The lowest BCUT2D eigenvalue weighted by Gasteiger charge is -2.10. The quantitative estimate of drug-likeness (QED) is 0.881. The Morgan fingerprint density at radius 2 is 1.75 bits per heavy atom. The molecule has 0 bridgehead atoms. The van der Waals surface area contributed by atoms with Gasteiger partial charge in [-0.3, -0.25) is 0 Å². The van der Waals surface area contributed by atoms with Crippen molar-refractivity contribution in [2.45, 2.75) is 11.4 Å². The van der Waals surface area contributed by atoms with E-state index in [0.717, 1.165) is 12.1 Å². The van der Waals surface area contributed by atoms with E-state index in [4.69, 9.17) is 9.88 Å². The molecule has 2 aromatic rings. The molecule has 0 fully saturated rings. The lowest BCUT2D eigenvalue weighted by Crippen LogP contribution is -2.13. The van der Waals surface area contributed by atoms with Crippen molar-refractivity contribution in [3.63, 3.8) is 0 Å². The van der Waals surface area contributed by atoms with Gasteiger partial charge in [0.15, 0.2) is 0 Å². The molecule has 0 spiro atoms. The van der Waals surface area contributed by atoms with Gasteiger partial charge in [-0.1, -0.05) is 24.3 Å². The Bertz CT molecular complexity index is 682. The lowest BCUT2D eigenvalue weighted by atomic mass is 10.2. The molecule has 6 heteroatoms. The van der Waals surface area contributed by atoms with Crippen molar-refractivity contribution < 1.29 is 13.2 Å². The summed E-state index contributed by atoms with van der Waals surface area (Å²) in [6, 6.07) is 13.7. The van der Waals surface area contributed by atoms with E-state index in [1.807, 2.05) is 19.2 Å². The van der Waals surface area contributed by atoms with Gasteiger partial charge in [-0.15, -0.1) is 0 Å². The molecule has 5 nitrogen and oxygen atoms in total. The zero-order valence-electron chi connectivity index (χ0n) is 11.0. The topological polar surface area (TPSA) is 81.4 Å². The minimum atomic E-state index is -3.81. The first-order valence-corrected chi connectivity index (χ1v) is 7.58. The molecule has 0 saturated heterocycles. The summed E-state index contributed by atoms with van der Waals surface area (Å²) in [5, 5.41) is 8.20. The molecular formula is C14H16N2O3S. The minimum Gasteiger partial charge on any atom is -0.456 e. The van der Waals surface area contributed by atoms with Gasteiger partial charge >= 0.3 is 0 Å². The Labute approximate surface area is 118 Å². The van der Waals surface area contributed by atoms with Gasteiger partial charge in [-0.25, -0.2) is 13.6 Å². The highest BCUT2D eigenvalue weighted by Crippen LogP contribution is 2.27. The average molecular weight is 292 g/mol. The average Bonchev–Trinajstić information content (AvgIpc) is 2.41. The largest absolute Gasteiger partial charge is 0.456 e. The van der Waals surface area contributed by atoms with Crippen molar-refractivity contribution in [2.75, 3.05) is 7.05 Å². The molecule has 0 unspecified atom stereocenters. The monoisotopic (exact) mass is 292 g/mol. The molecule has 2 rings (SSSR count). The SMILES string of the molecule is CNCc1ccc(Oc2ccccc2S(N)(=O)=O)cc1. The van der Waals surface area contributed by atoms with Crippen molar-refractivity contribution in [3.05, 3.63) is 54.1 Å². The van der Waals surface area contributed by atoms with E-state index in [9.17, 15) is 8.42 Å². The number of sulfonamides is 1. The third kappa shape index (κ3) is 3.57. The standard InChI is InChI=1S/C14H16N2O3S/c1-16-10-11-6-8-12(9-7-11)19-13-4-2-3-5-14(13)20(15,17)18/h2-9,16H,10H2,1H3,(H2,15,17,18). The number of benzene rings is 2. The predicted molar refractivity (Wildman–Crippen MR) is 77.1 cm³/mol. The van der Waals surface area contributed by atoms with Crippen LogP contribution in [0.15, 0.2) is 53.4 Å². The molecule has 0 amide bonds. The molecule has 0 heterocycles. The summed E-state index contributed by atoms with van der Waals surface area (Å²) in [5.41, 5.74) is 1.11. The van der Waals surface area contributed by atoms with Crippen molar-refractivity contribution in [3.8, 4) is 11.5 Å². The number of nitrogens with two attached hydrogens (primary N) is 1. The van der Waals surface area contributed by atoms with Crippen LogP contribution in [0.5, 0.6) is 11.5 Å². The van der Waals surface area contributed by atoms with Crippen LogP contribution in [0.25, 0.3) is 0 Å². The fraction of sp³-hybridized carbons (Fsp3) is 0.143. The third-order valence-electron chi connectivity index (χ3n) is 2.69. The zero-order chi connectivity index (χ0) is 14.6. The number of para-hydroxylation sites is 1.